The van der Waals surface area contributed by atoms with E-state index in [1.807, 2.05) is 41.3 Å². The molecule has 0 unspecified atom stereocenters. The highest BCUT2D eigenvalue weighted by Gasteiger charge is 2.38. The second kappa shape index (κ2) is 4.94. The van der Waals surface area contributed by atoms with Gasteiger partial charge in [-0.25, -0.2) is 0 Å². The van der Waals surface area contributed by atoms with Crippen molar-refractivity contribution in [3.05, 3.63) is 42.0 Å². The number of nitrogens with one attached hydrogen (secondary N) is 1. The number of likely N-dealkylation sites (tertiary alicyclic amines) is 1. The maximum Gasteiger partial charge on any atom is 0.246 e. The van der Waals surface area contributed by atoms with Gasteiger partial charge in [0, 0.05) is 31.8 Å². The van der Waals surface area contributed by atoms with Crippen molar-refractivity contribution in [2.75, 3.05) is 19.6 Å². The third-order valence-corrected chi connectivity index (χ3v) is 3.95. The van der Waals surface area contributed by atoms with Crippen molar-refractivity contribution >= 4 is 12.0 Å². The summed E-state index contributed by atoms with van der Waals surface area (Å²) in [7, 11) is 0. The van der Waals surface area contributed by atoms with Crippen LogP contribution in [0.15, 0.2) is 36.4 Å². The molecule has 0 aromatic heterocycles. The highest BCUT2D eigenvalue weighted by molar-refractivity contribution is 5.92. The van der Waals surface area contributed by atoms with Crippen molar-refractivity contribution in [2.24, 2.45) is 5.92 Å². The second-order valence-corrected chi connectivity index (χ2v) is 5.05. The van der Waals surface area contributed by atoms with Crippen LogP contribution in [0.1, 0.15) is 12.0 Å². The first kappa shape index (κ1) is 11.5. The van der Waals surface area contributed by atoms with Gasteiger partial charge in [-0.15, -0.1) is 0 Å². The van der Waals surface area contributed by atoms with Crippen LogP contribution in [0, 0.1) is 5.92 Å². The van der Waals surface area contributed by atoms with E-state index in [0.29, 0.717) is 12.0 Å². The van der Waals surface area contributed by atoms with E-state index < -0.39 is 0 Å². The Morgan fingerprint density at radius 2 is 2.11 bits per heavy atom. The van der Waals surface area contributed by atoms with Crippen LogP contribution >= 0.6 is 0 Å². The van der Waals surface area contributed by atoms with Crippen LogP contribution in [0.4, 0.5) is 0 Å². The summed E-state index contributed by atoms with van der Waals surface area (Å²) in [5, 5.41) is 3.36. The van der Waals surface area contributed by atoms with Crippen LogP contribution in [-0.2, 0) is 4.79 Å². The molecule has 2 aliphatic rings. The molecule has 1 aromatic rings. The topological polar surface area (TPSA) is 32.3 Å². The molecule has 0 saturated carbocycles. The van der Waals surface area contributed by atoms with Crippen LogP contribution in [0.5, 0.6) is 0 Å². The Bertz CT molecular complexity index is 455. The molecule has 1 amide bonds. The van der Waals surface area contributed by atoms with Crippen LogP contribution in [0.25, 0.3) is 6.08 Å². The van der Waals surface area contributed by atoms with Gasteiger partial charge in [0.25, 0.3) is 0 Å². The van der Waals surface area contributed by atoms with Crippen LogP contribution in [-0.4, -0.2) is 36.5 Å². The Balaban J connectivity index is 1.67. The third-order valence-electron chi connectivity index (χ3n) is 3.95. The fourth-order valence-electron chi connectivity index (χ4n) is 2.95. The molecule has 3 rings (SSSR count). The molecule has 0 bridgehead atoms. The summed E-state index contributed by atoms with van der Waals surface area (Å²) < 4.78 is 0. The van der Waals surface area contributed by atoms with Crippen molar-refractivity contribution in [2.45, 2.75) is 12.5 Å². The lowest BCUT2D eigenvalue weighted by Gasteiger charge is -2.21. The summed E-state index contributed by atoms with van der Waals surface area (Å²) in [6.45, 7) is 2.93. The lowest BCUT2D eigenvalue weighted by atomic mass is 10.1. The number of nitrogens with zero attached hydrogens (tertiary/aromatic N) is 1. The minimum atomic E-state index is 0.148. The van der Waals surface area contributed by atoms with E-state index in [1.165, 1.54) is 0 Å². The lowest BCUT2D eigenvalue weighted by molar-refractivity contribution is -0.126. The smallest absolute Gasteiger partial charge is 0.246 e. The predicted octanol–water partition coefficient (Wildman–Crippen LogP) is 1.52. The van der Waals surface area contributed by atoms with Gasteiger partial charge in [-0.3, -0.25) is 4.79 Å². The first-order valence-corrected chi connectivity index (χ1v) is 6.59. The zero-order valence-corrected chi connectivity index (χ0v) is 10.4. The highest BCUT2D eigenvalue weighted by atomic mass is 16.2. The molecule has 2 aliphatic heterocycles. The lowest BCUT2D eigenvalue weighted by Crippen LogP contribution is -2.38. The highest BCUT2D eigenvalue weighted by Crippen LogP contribution is 2.27. The Labute approximate surface area is 107 Å². The zero-order chi connectivity index (χ0) is 12.4. The quantitative estimate of drug-likeness (QED) is 0.798. The SMILES string of the molecule is O=C(/C=C/c1ccccc1)N1CC[C@H]2CNC[C@H]21. The Morgan fingerprint density at radius 1 is 1.28 bits per heavy atom. The molecule has 0 spiro atoms. The van der Waals surface area contributed by atoms with E-state index in [4.69, 9.17) is 0 Å². The summed E-state index contributed by atoms with van der Waals surface area (Å²) in [6.07, 6.45) is 4.75. The number of fused-ring (bicyclic) bond motifs is 1. The largest absolute Gasteiger partial charge is 0.335 e. The summed E-state index contributed by atoms with van der Waals surface area (Å²) >= 11 is 0. The van der Waals surface area contributed by atoms with Crippen molar-refractivity contribution in [1.29, 1.82) is 0 Å². The van der Waals surface area contributed by atoms with Gasteiger partial charge < -0.3 is 10.2 Å². The maximum atomic E-state index is 12.2. The number of rotatable bonds is 2. The van der Waals surface area contributed by atoms with E-state index in [9.17, 15) is 4.79 Å². The van der Waals surface area contributed by atoms with Crippen LogP contribution in [0.3, 0.4) is 0 Å². The molecule has 2 fully saturated rings. The first-order chi connectivity index (χ1) is 8.84. The fraction of sp³-hybridized carbons (Fsp3) is 0.400. The van der Waals surface area contributed by atoms with Gasteiger partial charge in [-0.1, -0.05) is 30.3 Å². The van der Waals surface area contributed by atoms with Crippen LogP contribution in [0.2, 0.25) is 0 Å². The van der Waals surface area contributed by atoms with Gasteiger partial charge >= 0.3 is 0 Å². The average molecular weight is 242 g/mol. The molecule has 2 atom stereocenters. The standard InChI is InChI=1S/C15H18N2O/c18-15(7-6-12-4-2-1-3-5-12)17-9-8-13-10-16-11-14(13)17/h1-7,13-14,16H,8-11H2/b7-6+/t13-,14+/m0/s1. The Morgan fingerprint density at radius 3 is 2.94 bits per heavy atom. The van der Waals surface area contributed by atoms with Gasteiger partial charge in [0.05, 0.1) is 0 Å². The average Bonchev–Trinajstić information content (AvgIpc) is 2.99. The van der Waals surface area contributed by atoms with Gasteiger partial charge in [0.1, 0.15) is 0 Å². The number of hydrogen-bond donors (Lipinski definition) is 1. The molecule has 2 heterocycles. The molecule has 0 radical (unpaired) electrons. The normalized spacial score (nSPS) is 26.8. The Kier molecular flexibility index (Phi) is 3.15. The summed E-state index contributed by atoms with van der Waals surface area (Å²) in [5.74, 6) is 0.814. The molecular formula is C15H18N2O. The maximum absolute atomic E-state index is 12.2. The van der Waals surface area contributed by atoms with E-state index in [0.717, 1.165) is 31.6 Å². The monoisotopic (exact) mass is 242 g/mol. The molecule has 0 aliphatic carbocycles. The number of hydrogen-bond acceptors (Lipinski definition) is 2. The number of carbonyl (C=O) groups is 1. The fourth-order valence-corrected chi connectivity index (χ4v) is 2.95. The molecular weight excluding hydrogens is 224 g/mol. The van der Waals surface area contributed by atoms with E-state index in [1.54, 1.807) is 6.08 Å². The van der Waals surface area contributed by atoms with Gasteiger partial charge in [-0.05, 0) is 24.0 Å². The second-order valence-electron chi connectivity index (χ2n) is 5.05. The number of benzene rings is 1. The van der Waals surface area contributed by atoms with E-state index >= 15 is 0 Å². The minimum absolute atomic E-state index is 0.148. The minimum Gasteiger partial charge on any atom is -0.335 e. The van der Waals surface area contributed by atoms with E-state index in [2.05, 4.69) is 5.32 Å². The molecule has 18 heavy (non-hydrogen) atoms. The number of amides is 1. The molecule has 94 valence electrons. The molecule has 1 N–H and O–H groups in total. The first-order valence-electron chi connectivity index (χ1n) is 6.59. The zero-order valence-electron chi connectivity index (χ0n) is 10.4. The molecule has 1 aromatic carbocycles. The van der Waals surface area contributed by atoms with E-state index in [-0.39, 0.29) is 5.91 Å². The van der Waals surface area contributed by atoms with Crippen LogP contribution < -0.4 is 5.32 Å². The number of carbonyl (C=O) groups excluding carboxylic acids is 1. The van der Waals surface area contributed by atoms with Gasteiger partial charge in [0.2, 0.25) is 5.91 Å². The van der Waals surface area contributed by atoms with Crippen molar-refractivity contribution in [3.8, 4) is 0 Å². The summed E-state index contributed by atoms with van der Waals surface area (Å²) in [6, 6.07) is 10.4. The third kappa shape index (κ3) is 2.18. The molecule has 3 heteroatoms. The summed E-state index contributed by atoms with van der Waals surface area (Å²) in [4.78, 5) is 14.2. The Hall–Kier alpha value is -1.61. The van der Waals surface area contributed by atoms with Crippen molar-refractivity contribution in [1.82, 2.24) is 10.2 Å². The summed E-state index contributed by atoms with van der Waals surface area (Å²) in [5.41, 5.74) is 1.08. The molecule has 3 nitrogen and oxygen atoms in total. The van der Waals surface area contributed by atoms with Crippen molar-refractivity contribution in [3.63, 3.8) is 0 Å². The molecule has 2 saturated heterocycles. The van der Waals surface area contributed by atoms with Gasteiger partial charge in [0.15, 0.2) is 0 Å². The van der Waals surface area contributed by atoms with Crippen molar-refractivity contribution < 1.29 is 4.79 Å². The predicted molar refractivity (Wildman–Crippen MR) is 72.0 cm³/mol. The van der Waals surface area contributed by atoms with Gasteiger partial charge in [-0.2, -0.15) is 0 Å².